The second-order valence-electron chi connectivity index (χ2n) is 7.00. The first-order chi connectivity index (χ1) is 9.69. The molecule has 0 saturated heterocycles. The van der Waals surface area contributed by atoms with E-state index in [4.69, 9.17) is 4.74 Å². The van der Waals surface area contributed by atoms with Gasteiger partial charge in [-0.1, -0.05) is 19.9 Å². The Morgan fingerprint density at radius 2 is 2.05 bits per heavy atom. The number of nitrogens with zero attached hydrogens (tertiary/aromatic N) is 1. The van der Waals surface area contributed by atoms with Gasteiger partial charge in [-0.05, 0) is 56.4 Å². The van der Waals surface area contributed by atoms with E-state index in [1.54, 1.807) is 12.1 Å². The highest BCUT2D eigenvalue weighted by atomic mass is 16.6. The Hall–Kier alpha value is -1.71. The number of phenolic OH excluding ortho intramolecular Hbond substituents is 1. The molecule has 4 heteroatoms. The average Bonchev–Trinajstić information content (AvgIpc) is 2.34. The van der Waals surface area contributed by atoms with Gasteiger partial charge in [0.25, 0.3) is 0 Å². The molecule has 21 heavy (non-hydrogen) atoms. The topological polar surface area (TPSA) is 49.8 Å². The third-order valence-electron chi connectivity index (χ3n) is 3.66. The zero-order valence-electron chi connectivity index (χ0n) is 13.5. The Kier molecular flexibility index (Phi) is 4.17. The summed E-state index contributed by atoms with van der Waals surface area (Å²) in [4.78, 5) is 14.3. The number of carbonyl (C=O) groups excluding carboxylic acids is 1. The van der Waals surface area contributed by atoms with Gasteiger partial charge in [-0.2, -0.15) is 0 Å². The van der Waals surface area contributed by atoms with Crippen molar-refractivity contribution in [2.24, 2.45) is 5.92 Å². The fraction of sp³-hybridized carbons (Fsp3) is 0.588. The molecule has 116 valence electrons. The van der Waals surface area contributed by atoms with Crippen molar-refractivity contribution >= 4 is 6.09 Å². The van der Waals surface area contributed by atoms with Gasteiger partial charge in [-0.3, -0.25) is 0 Å². The third-order valence-corrected chi connectivity index (χ3v) is 3.66. The Balaban J connectivity index is 2.32. The van der Waals surface area contributed by atoms with Crippen LogP contribution >= 0.6 is 0 Å². The van der Waals surface area contributed by atoms with Crippen LogP contribution in [0.15, 0.2) is 18.2 Å². The quantitative estimate of drug-likeness (QED) is 0.854. The number of rotatable bonds is 1. The van der Waals surface area contributed by atoms with E-state index in [-0.39, 0.29) is 23.8 Å². The number of benzene rings is 1. The van der Waals surface area contributed by atoms with Gasteiger partial charge in [0.15, 0.2) is 0 Å². The van der Waals surface area contributed by atoms with E-state index < -0.39 is 5.60 Å². The minimum absolute atomic E-state index is 0.0100. The predicted octanol–water partition coefficient (Wildman–Crippen LogP) is 3.88. The van der Waals surface area contributed by atoms with Crippen molar-refractivity contribution in [2.75, 3.05) is 6.54 Å². The Morgan fingerprint density at radius 1 is 1.38 bits per heavy atom. The number of fused-ring (bicyclic) bond motifs is 1. The van der Waals surface area contributed by atoms with Crippen LogP contribution in [-0.2, 0) is 11.2 Å². The lowest BCUT2D eigenvalue weighted by Gasteiger charge is -2.40. The van der Waals surface area contributed by atoms with Gasteiger partial charge < -0.3 is 14.7 Å². The maximum atomic E-state index is 12.5. The summed E-state index contributed by atoms with van der Waals surface area (Å²) < 4.78 is 5.53. The molecule has 1 aliphatic rings. The fourth-order valence-electron chi connectivity index (χ4n) is 2.89. The highest BCUT2D eigenvalue weighted by molar-refractivity contribution is 5.69. The summed E-state index contributed by atoms with van der Waals surface area (Å²) in [6.45, 7) is 10.5. The summed E-state index contributed by atoms with van der Waals surface area (Å²) in [5.41, 5.74) is 1.74. The Morgan fingerprint density at radius 3 is 2.62 bits per heavy atom. The zero-order chi connectivity index (χ0) is 15.8. The molecule has 1 atom stereocenters. The second kappa shape index (κ2) is 5.58. The summed E-state index contributed by atoms with van der Waals surface area (Å²) in [5, 5.41) is 9.64. The lowest BCUT2D eigenvalue weighted by atomic mass is 9.86. The van der Waals surface area contributed by atoms with Crippen molar-refractivity contribution in [3.8, 4) is 5.75 Å². The van der Waals surface area contributed by atoms with Crippen LogP contribution in [0.3, 0.4) is 0 Å². The van der Waals surface area contributed by atoms with E-state index in [2.05, 4.69) is 13.8 Å². The number of ether oxygens (including phenoxy) is 1. The van der Waals surface area contributed by atoms with E-state index in [0.717, 1.165) is 17.5 Å². The SMILES string of the molecule is CC(C)[C@H]1c2ccc(O)cc2CCN1C(=O)OC(C)(C)C. The molecule has 1 aliphatic heterocycles. The molecule has 0 aromatic heterocycles. The van der Waals surface area contributed by atoms with Crippen molar-refractivity contribution in [3.05, 3.63) is 29.3 Å². The van der Waals surface area contributed by atoms with Gasteiger partial charge in [0.05, 0.1) is 6.04 Å². The molecule has 0 spiro atoms. The highest BCUT2D eigenvalue weighted by Gasteiger charge is 2.35. The van der Waals surface area contributed by atoms with Crippen molar-refractivity contribution in [1.82, 2.24) is 4.90 Å². The average molecular weight is 291 g/mol. The van der Waals surface area contributed by atoms with Crippen molar-refractivity contribution in [2.45, 2.75) is 52.7 Å². The molecular weight excluding hydrogens is 266 g/mol. The first-order valence-corrected chi connectivity index (χ1v) is 7.50. The number of phenols is 1. The normalized spacial score (nSPS) is 18.6. The smallest absolute Gasteiger partial charge is 0.410 e. The summed E-state index contributed by atoms with van der Waals surface area (Å²) in [6.07, 6.45) is 0.478. The Bertz CT molecular complexity index is 531. The lowest BCUT2D eigenvalue weighted by molar-refractivity contribution is 0.00877. The molecule has 1 aromatic carbocycles. The molecule has 0 aliphatic carbocycles. The standard InChI is InChI=1S/C17H25NO3/c1-11(2)15-14-7-6-13(19)10-12(14)8-9-18(15)16(20)21-17(3,4)5/h6-7,10-11,15,19H,8-9H2,1-5H3/t15-/m0/s1. The largest absolute Gasteiger partial charge is 0.508 e. The van der Waals surface area contributed by atoms with Crippen molar-refractivity contribution < 1.29 is 14.6 Å². The lowest BCUT2D eigenvalue weighted by Crippen LogP contribution is -2.44. The van der Waals surface area contributed by atoms with Crippen LogP contribution in [0, 0.1) is 5.92 Å². The van der Waals surface area contributed by atoms with Crippen molar-refractivity contribution in [3.63, 3.8) is 0 Å². The summed E-state index contributed by atoms with van der Waals surface area (Å²) in [5.74, 6) is 0.558. The first-order valence-electron chi connectivity index (χ1n) is 7.50. The molecule has 2 rings (SSSR count). The van der Waals surface area contributed by atoms with Gasteiger partial charge in [0.2, 0.25) is 0 Å². The highest BCUT2D eigenvalue weighted by Crippen LogP contribution is 2.37. The van der Waals surface area contributed by atoms with Gasteiger partial charge in [0, 0.05) is 6.54 Å². The van der Waals surface area contributed by atoms with Gasteiger partial charge in [-0.25, -0.2) is 4.79 Å². The number of hydrogen-bond acceptors (Lipinski definition) is 3. The Labute approximate surface area is 126 Å². The summed E-state index contributed by atoms with van der Waals surface area (Å²) >= 11 is 0. The van der Waals surface area contributed by atoms with Gasteiger partial charge in [-0.15, -0.1) is 0 Å². The van der Waals surface area contributed by atoms with E-state index >= 15 is 0 Å². The third kappa shape index (κ3) is 3.49. The maximum absolute atomic E-state index is 12.5. The number of amides is 1. The van der Waals surface area contributed by atoms with Crippen molar-refractivity contribution in [1.29, 1.82) is 0 Å². The van der Waals surface area contributed by atoms with E-state index in [9.17, 15) is 9.90 Å². The van der Waals surface area contributed by atoms with Gasteiger partial charge in [0.1, 0.15) is 11.4 Å². The monoisotopic (exact) mass is 291 g/mol. The van der Waals surface area contributed by atoms with Crippen LogP contribution < -0.4 is 0 Å². The molecule has 1 aromatic rings. The molecule has 0 fully saturated rings. The molecule has 1 N–H and O–H groups in total. The van der Waals surface area contributed by atoms with Gasteiger partial charge >= 0.3 is 6.09 Å². The summed E-state index contributed by atoms with van der Waals surface area (Å²) in [7, 11) is 0. The minimum atomic E-state index is -0.492. The van der Waals surface area contributed by atoms with Crippen LogP contribution in [0.25, 0.3) is 0 Å². The first kappa shape index (κ1) is 15.7. The minimum Gasteiger partial charge on any atom is -0.508 e. The zero-order valence-corrected chi connectivity index (χ0v) is 13.5. The molecule has 0 saturated carbocycles. The second-order valence-corrected chi connectivity index (χ2v) is 7.00. The van der Waals surface area contributed by atoms with Crippen LogP contribution in [0.1, 0.15) is 51.8 Å². The van der Waals surface area contributed by atoms with Crippen LogP contribution in [0.2, 0.25) is 0 Å². The number of carbonyl (C=O) groups is 1. The molecule has 4 nitrogen and oxygen atoms in total. The molecule has 0 bridgehead atoms. The fourth-order valence-corrected chi connectivity index (χ4v) is 2.89. The van der Waals surface area contributed by atoms with Crippen LogP contribution in [0.4, 0.5) is 4.79 Å². The van der Waals surface area contributed by atoms with E-state index in [0.29, 0.717) is 6.54 Å². The molecule has 0 unspecified atom stereocenters. The molecular formula is C17H25NO3. The molecule has 1 amide bonds. The summed E-state index contributed by atoms with van der Waals surface area (Å²) in [6, 6.07) is 5.40. The van der Waals surface area contributed by atoms with E-state index in [1.165, 1.54) is 0 Å². The molecule has 1 heterocycles. The number of hydrogen-bond donors (Lipinski definition) is 1. The van der Waals surface area contributed by atoms with Crippen LogP contribution in [-0.4, -0.2) is 28.2 Å². The maximum Gasteiger partial charge on any atom is 0.410 e. The number of aromatic hydroxyl groups is 1. The van der Waals surface area contributed by atoms with Crippen LogP contribution in [0.5, 0.6) is 5.75 Å². The predicted molar refractivity (Wildman–Crippen MR) is 82.3 cm³/mol. The van der Waals surface area contributed by atoms with E-state index in [1.807, 2.05) is 31.7 Å². The molecule has 0 radical (unpaired) electrons.